The monoisotopic (exact) mass is 317 g/mol. The number of ether oxygens (including phenoxy) is 2. The van der Waals surface area contributed by atoms with E-state index in [0.717, 1.165) is 39.6 Å². The summed E-state index contributed by atoms with van der Waals surface area (Å²) < 4.78 is 11.3. The second-order valence-corrected chi connectivity index (χ2v) is 5.59. The van der Waals surface area contributed by atoms with Gasteiger partial charge in [-0.15, -0.1) is 0 Å². The molecule has 1 aliphatic rings. The first kappa shape index (κ1) is 14.3. The molecule has 0 radical (unpaired) electrons. The molecule has 24 heavy (non-hydrogen) atoms. The van der Waals surface area contributed by atoms with E-state index in [9.17, 15) is 0 Å². The molecule has 1 aliphatic heterocycles. The van der Waals surface area contributed by atoms with Gasteiger partial charge in [0.1, 0.15) is 18.9 Å². The van der Waals surface area contributed by atoms with E-state index in [1.807, 2.05) is 37.3 Å². The quantitative estimate of drug-likeness (QED) is 0.714. The van der Waals surface area contributed by atoms with Gasteiger partial charge in [-0.25, -0.2) is 4.85 Å². The van der Waals surface area contributed by atoms with E-state index >= 15 is 0 Å². The minimum absolute atomic E-state index is 0.561. The lowest BCUT2D eigenvalue weighted by molar-refractivity contribution is 0.171. The van der Waals surface area contributed by atoms with Crippen molar-refractivity contribution in [1.29, 1.82) is 0 Å². The normalized spacial score (nSPS) is 12.7. The van der Waals surface area contributed by atoms with Gasteiger partial charge in [-0.05, 0) is 24.6 Å². The first-order valence-electron chi connectivity index (χ1n) is 7.69. The molecule has 0 bridgehead atoms. The Kier molecular flexibility index (Phi) is 3.43. The fourth-order valence-corrected chi connectivity index (χ4v) is 2.88. The molecule has 0 unspecified atom stereocenters. The number of hydrogen-bond acceptors (Lipinski definition) is 3. The molecule has 5 heteroatoms. The van der Waals surface area contributed by atoms with Crippen LogP contribution in [0.4, 0.5) is 5.69 Å². The van der Waals surface area contributed by atoms with Crippen LogP contribution in [-0.2, 0) is 0 Å². The summed E-state index contributed by atoms with van der Waals surface area (Å²) in [6.07, 6.45) is 0. The highest BCUT2D eigenvalue weighted by molar-refractivity contribution is 5.84. The number of hydrogen-bond donors (Lipinski definition) is 1. The van der Waals surface area contributed by atoms with Crippen LogP contribution in [0, 0.1) is 13.5 Å². The van der Waals surface area contributed by atoms with Crippen molar-refractivity contribution in [1.82, 2.24) is 10.2 Å². The molecule has 0 fully saturated rings. The molecule has 0 saturated carbocycles. The standard InChI is InChI=1S/C19H15N3O2/c1-12-18(14-5-8-16-17(11-14)24-10-9-23-16)19(22-21-12)13-3-6-15(20-2)7-4-13/h3-8,11H,9-10H2,1H3,(H,21,22). The SMILES string of the molecule is [C-]#[N+]c1ccc(-c2n[nH]c(C)c2-c2ccc3c(c2)OCCO3)cc1. The highest BCUT2D eigenvalue weighted by Gasteiger charge is 2.18. The fourth-order valence-electron chi connectivity index (χ4n) is 2.88. The van der Waals surface area contributed by atoms with Crippen LogP contribution in [-0.4, -0.2) is 23.4 Å². The van der Waals surface area contributed by atoms with Crippen molar-refractivity contribution in [3.05, 3.63) is 59.6 Å². The summed E-state index contributed by atoms with van der Waals surface area (Å²) in [6.45, 7) is 10.2. The Hall–Kier alpha value is -3.26. The van der Waals surface area contributed by atoms with Crippen molar-refractivity contribution in [3.8, 4) is 33.9 Å². The van der Waals surface area contributed by atoms with E-state index in [0.29, 0.717) is 18.9 Å². The van der Waals surface area contributed by atoms with Crippen LogP contribution in [0.15, 0.2) is 42.5 Å². The number of H-pyrrole nitrogens is 1. The third-order valence-electron chi connectivity index (χ3n) is 4.05. The highest BCUT2D eigenvalue weighted by atomic mass is 16.6. The van der Waals surface area contributed by atoms with Crippen molar-refractivity contribution < 1.29 is 9.47 Å². The Morgan fingerprint density at radius 3 is 2.46 bits per heavy atom. The predicted molar refractivity (Wildman–Crippen MR) is 91.4 cm³/mol. The number of nitrogens with one attached hydrogen (secondary N) is 1. The van der Waals surface area contributed by atoms with Crippen molar-refractivity contribution >= 4 is 5.69 Å². The second kappa shape index (κ2) is 5.74. The van der Waals surface area contributed by atoms with Gasteiger partial charge in [0.05, 0.1) is 6.57 Å². The zero-order valence-corrected chi connectivity index (χ0v) is 13.2. The molecular weight excluding hydrogens is 302 g/mol. The molecule has 0 spiro atoms. The Labute approximate surface area is 139 Å². The maximum absolute atomic E-state index is 7.07. The Bertz CT molecular complexity index is 936. The number of rotatable bonds is 2. The highest BCUT2D eigenvalue weighted by Crippen LogP contribution is 2.39. The van der Waals surface area contributed by atoms with Crippen LogP contribution in [0.2, 0.25) is 0 Å². The molecule has 0 atom stereocenters. The van der Waals surface area contributed by atoms with Crippen LogP contribution >= 0.6 is 0 Å². The smallest absolute Gasteiger partial charge is 0.187 e. The van der Waals surface area contributed by atoms with Crippen molar-refractivity contribution in [2.24, 2.45) is 0 Å². The van der Waals surface area contributed by atoms with Gasteiger partial charge in [-0.2, -0.15) is 5.10 Å². The van der Waals surface area contributed by atoms with E-state index in [1.54, 1.807) is 12.1 Å². The maximum atomic E-state index is 7.07. The largest absolute Gasteiger partial charge is 0.486 e. The summed E-state index contributed by atoms with van der Waals surface area (Å²) in [5.74, 6) is 1.53. The third kappa shape index (κ3) is 2.38. The zero-order chi connectivity index (χ0) is 16.5. The van der Waals surface area contributed by atoms with Gasteiger partial charge in [0.2, 0.25) is 0 Å². The number of benzene rings is 2. The minimum atomic E-state index is 0.561. The van der Waals surface area contributed by atoms with E-state index in [1.165, 1.54) is 0 Å². The topological polar surface area (TPSA) is 51.5 Å². The molecule has 1 aromatic heterocycles. The average molecular weight is 317 g/mol. The summed E-state index contributed by atoms with van der Waals surface area (Å²) >= 11 is 0. The number of aryl methyl sites for hydroxylation is 1. The molecule has 5 nitrogen and oxygen atoms in total. The van der Waals surface area contributed by atoms with Crippen molar-refractivity contribution in [2.75, 3.05) is 13.2 Å². The molecular formula is C19H15N3O2. The van der Waals surface area contributed by atoms with E-state index in [2.05, 4.69) is 15.0 Å². The van der Waals surface area contributed by atoms with Gasteiger partial charge in [0.25, 0.3) is 0 Å². The predicted octanol–water partition coefficient (Wildman–Crippen LogP) is 4.37. The molecule has 3 aromatic rings. The lowest BCUT2D eigenvalue weighted by Gasteiger charge is -2.19. The summed E-state index contributed by atoms with van der Waals surface area (Å²) in [5.41, 5.74) is 5.48. The molecule has 118 valence electrons. The van der Waals surface area contributed by atoms with Crippen molar-refractivity contribution in [2.45, 2.75) is 6.92 Å². The molecule has 1 N–H and O–H groups in total. The lowest BCUT2D eigenvalue weighted by Crippen LogP contribution is -2.15. The lowest BCUT2D eigenvalue weighted by atomic mass is 9.98. The number of aromatic amines is 1. The van der Waals surface area contributed by atoms with Crippen LogP contribution in [0.25, 0.3) is 27.2 Å². The van der Waals surface area contributed by atoms with Gasteiger partial charge in [0.15, 0.2) is 17.2 Å². The van der Waals surface area contributed by atoms with E-state index in [4.69, 9.17) is 16.0 Å². The molecule has 4 rings (SSSR count). The van der Waals surface area contributed by atoms with Gasteiger partial charge in [0, 0.05) is 16.8 Å². The van der Waals surface area contributed by atoms with E-state index < -0.39 is 0 Å². The first-order chi connectivity index (χ1) is 11.8. The van der Waals surface area contributed by atoms with E-state index in [-0.39, 0.29) is 0 Å². The van der Waals surface area contributed by atoms with Crippen LogP contribution in [0.1, 0.15) is 5.69 Å². The van der Waals surface area contributed by atoms with Crippen LogP contribution < -0.4 is 9.47 Å². The Morgan fingerprint density at radius 2 is 1.71 bits per heavy atom. The summed E-state index contributed by atoms with van der Waals surface area (Å²) in [4.78, 5) is 3.43. The van der Waals surface area contributed by atoms with Crippen molar-refractivity contribution in [3.63, 3.8) is 0 Å². The molecule has 0 amide bonds. The van der Waals surface area contributed by atoms with Crippen LogP contribution in [0.5, 0.6) is 11.5 Å². The Morgan fingerprint density at radius 1 is 1.00 bits per heavy atom. The summed E-state index contributed by atoms with van der Waals surface area (Å²) in [5, 5.41) is 7.52. The summed E-state index contributed by atoms with van der Waals surface area (Å²) in [6, 6.07) is 13.4. The van der Waals surface area contributed by atoms with Gasteiger partial charge in [-0.3, -0.25) is 5.10 Å². The average Bonchev–Trinajstić information content (AvgIpc) is 3.03. The van der Waals surface area contributed by atoms with Crippen LogP contribution in [0.3, 0.4) is 0 Å². The number of fused-ring (bicyclic) bond motifs is 1. The Balaban J connectivity index is 1.81. The molecule has 0 saturated heterocycles. The molecule has 2 heterocycles. The summed E-state index contributed by atoms with van der Waals surface area (Å²) in [7, 11) is 0. The second-order valence-electron chi connectivity index (χ2n) is 5.59. The zero-order valence-electron chi connectivity index (χ0n) is 13.2. The first-order valence-corrected chi connectivity index (χ1v) is 7.69. The third-order valence-corrected chi connectivity index (χ3v) is 4.05. The maximum Gasteiger partial charge on any atom is 0.187 e. The molecule has 0 aliphatic carbocycles. The fraction of sp³-hybridized carbons (Fsp3) is 0.158. The number of nitrogens with zero attached hydrogens (tertiary/aromatic N) is 2. The van der Waals surface area contributed by atoms with Gasteiger partial charge < -0.3 is 9.47 Å². The van der Waals surface area contributed by atoms with Gasteiger partial charge in [-0.1, -0.05) is 30.3 Å². The van der Waals surface area contributed by atoms with Gasteiger partial charge >= 0.3 is 0 Å². The molecule has 2 aromatic carbocycles. The number of aromatic nitrogens is 2. The minimum Gasteiger partial charge on any atom is -0.486 e.